The van der Waals surface area contributed by atoms with Crippen LogP contribution in [0.15, 0.2) is 42.5 Å². The van der Waals surface area contributed by atoms with Gasteiger partial charge in [-0.15, -0.1) is 11.3 Å². The minimum atomic E-state index is -0.315. The Bertz CT molecular complexity index is 1030. The predicted octanol–water partition coefficient (Wildman–Crippen LogP) is 5.54. The summed E-state index contributed by atoms with van der Waals surface area (Å²) in [5.41, 5.74) is 2.51. The molecule has 4 rings (SSSR count). The summed E-state index contributed by atoms with van der Waals surface area (Å²) in [4.78, 5) is 13.8. The number of fused-ring (bicyclic) bond motifs is 2. The third kappa shape index (κ3) is 3.04. The Labute approximate surface area is 156 Å². The maximum absolute atomic E-state index is 12.5. The molecule has 2 N–H and O–H groups in total. The van der Waals surface area contributed by atoms with Gasteiger partial charge in [0.2, 0.25) is 0 Å². The molecule has 1 aromatic heterocycles. The Kier molecular flexibility index (Phi) is 4.36. The van der Waals surface area contributed by atoms with Gasteiger partial charge in [-0.05, 0) is 42.2 Å². The van der Waals surface area contributed by atoms with E-state index in [2.05, 4.69) is 23.6 Å². The number of anilines is 2. The quantitative estimate of drug-likeness (QED) is 0.629. The molecule has 26 heavy (non-hydrogen) atoms. The molecule has 2 amide bonds. The van der Waals surface area contributed by atoms with Gasteiger partial charge in [-0.1, -0.05) is 43.3 Å². The molecule has 0 spiro atoms. The number of amides is 2. The lowest BCUT2D eigenvalue weighted by Gasteiger charge is -2.17. The number of nitrogens with one attached hydrogen (secondary N) is 2. The first-order valence-electron chi connectivity index (χ1n) is 8.76. The molecule has 130 valence electrons. The van der Waals surface area contributed by atoms with Crippen LogP contribution in [0.25, 0.3) is 10.8 Å². The zero-order valence-electron chi connectivity index (χ0n) is 14.5. The van der Waals surface area contributed by atoms with Gasteiger partial charge >= 0.3 is 6.03 Å². The fraction of sp³-hybridized carbons (Fsp3) is 0.238. The molecule has 3 aromatic rings. The van der Waals surface area contributed by atoms with Crippen LogP contribution in [-0.2, 0) is 12.8 Å². The Morgan fingerprint density at radius 2 is 2.00 bits per heavy atom. The van der Waals surface area contributed by atoms with Crippen LogP contribution < -0.4 is 10.6 Å². The van der Waals surface area contributed by atoms with E-state index in [-0.39, 0.29) is 6.03 Å². The minimum Gasteiger partial charge on any atom is -0.307 e. The first kappa shape index (κ1) is 16.6. The van der Waals surface area contributed by atoms with E-state index in [9.17, 15) is 10.1 Å². The highest BCUT2D eigenvalue weighted by Crippen LogP contribution is 2.39. The van der Waals surface area contributed by atoms with E-state index in [1.165, 1.54) is 16.2 Å². The smallest absolute Gasteiger partial charge is 0.307 e. The largest absolute Gasteiger partial charge is 0.324 e. The van der Waals surface area contributed by atoms with Crippen molar-refractivity contribution in [3.63, 3.8) is 0 Å². The molecule has 0 fully saturated rings. The highest BCUT2D eigenvalue weighted by Gasteiger charge is 2.24. The van der Waals surface area contributed by atoms with Gasteiger partial charge < -0.3 is 5.32 Å². The predicted molar refractivity (Wildman–Crippen MR) is 107 cm³/mol. The number of carbonyl (C=O) groups is 1. The average Bonchev–Trinajstić information content (AvgIpc) is 2.97. The Morgan fingerprint density at radius 1 is 1.19 bits per heavy atom. The minimum absolute atomic E-state index is 0.315. The van der Waals surface area contributed by atoms with Crippen molar-refractivity contribution in [3.8, 4) is 6.07 Å². The zero-order chi connectivity index (χ0) is 18.1. The van der Waals surface area contributed by atoms with Gasteiger partial charge in [0.25, 0.3) is 0 Å². The van der Waals surface area contributed by atoms with E-state index in [1.807, 2.05) is 42.5 Å². The molecular formula is C21H19N3OS. The van der Waals surface area contributed by atoms with Crippen molar-refractivity contribution in [3.05, 3.63) is 58.5 Å². The lowest BCUT2D eigenvalue weighted by molar-refractivity contribution is 0.262. The molecule has 4 nitrogen and oxygen atoms in total. The first-order chi connectivity index (χ1) is 12.7. The standard InChI is InChI=1S/C21H19N3OS/c1-13-9-10-16-17(12-22)20(26-19(16)11-13)24-21(25)23-18-8-4-6-14-5-2-3-7-15(14)18/h2-8,13H,9-11H2,1H3,(H2,23,24,25)/t13-/m1/s1. The fourth-order valence-corrected chi connectivity index (χ4v) is 4.90. The van der Waals surface area contributed by atoms with Gasteiger partial charge in [0.15, 0.2) is 0 Å². The normalized spacial score (nSPS) is 15.9. The third-order valence-electron chi connectivity index (χ3n) is 4.89. The summed E-state index contributed by atoms with van der Waals surface area (Å²) in [5, 5.41) is 18.1. The van der Waals surface area contributed by atoms with Crippen molar-refractivity contribution >= 4 is 38.8 Å². The molecule has 1 heterocycles. The molecule has 2 aromatic carbocycles. The van der Waals surface area contributed by atoms with Gasteiger partial charge in [0, 0.05) is 10.3 Å². The fourth-order valence-electron chi connectivity index (χ4n) is 3.55. The third-order valence-corrected chi connectivity index (χ3v) is 6.06. The van der Waals surface area contributed by atoms with Crippen molar-refractivity contribution in [2.24, 2.45) is 5.92 Å². The second-order valence-corrected chi connectivity index (χ2v) is 7.88. The van der Waals surface area contributed by atoms with E-state index >= 15 is 0 Å². The number of nitrogens with zero attached hydrogens (tertiary/aromatic N) is 1. The summed E-state index contributed by atoms with van der Waals surface area (Å²) in [6, 6.07) is 15.7. The van der Waals surface area contributed by atoms with Gasteiger partial charge in [0.05, 0.1) is 11.3 Å². The summed E-state index contributed by atoms with van der Waals surface area (Å²) < 4.78 is 0. The van der Waals surface area contributed by atoms with Crippen LogP contribution >= 0.6 is 11.3 Å². The van der Waals surface area contributed by atoms with E-state index in [0.29, 0.717) is 16.5 Å². The molecule has 0 saturated carbocycles. The molecular weight excluding hydrogens is 342 g/mol. The summed E-state index contributed by atoms with van der Waals surface area (Å²) in [6.45, 7) is 2.23. The molecule has 1 aliphatic rings. The number of thiophene rings is 1. The average molecular weight is 361 g/mol. The van der Waals surface area contributed by atoms with Gasteiger partial charge in [0.1, 0.15) is 11.1 Å². The van der Waals surface area contributed by atoms with Crippen LogP contribution in [0.1, 0.15) is 29.3 Å². The van der Waals surface area contributed by atoms with Crippen LogP contribution in [0, 0.1) is 17.2 Å². The molecule has 5 heteroatoms. The number of nitriles is 1. The van der Waals surface area contributed by atoms with Crippen LogP contribution in [-0.4, -0.2) is 6.03 Å². The Balaban J connectivity index is 1.58. The summed E-state index contributed by atoms with van der Waals surface area (Å²) in [7, 11) is 0. The van der Waals surface area contributed by atoms with Crippen LogP contribution in [0.5, 0.6) is 0 Å². The van der Waals surface area contributed by atoms with Crippen molar-refractivity contribution in [2.75, 3.05) is 10.6 Å². The molecule has 0 unspecified atom stereocenters. The lowest BCUT2D eigenvalue weighted by atomic mass is 9.89. The van der Waals surface area contributed by atoms with Crippen molar-refractivity contribution in [2.45, 2.75) is 26.2 Å². The molecule has 0 bridgehead atoms. The maximum atomic E-state index is 12.5. The number of hydrogen-bond donors (Lipinski definition) is 2. The van der Waals surface area contributed by atoms with E-state index in [1.54, 1.807) is 0 Å². The van der Waals surface area contributed by atoms with Crippen molar-refractivity contribution in [1.82, 2.24) is 0 Å². The SMILES string of the molecule is C[C@@H]1CCc2c(sc(NC(=O)Nc3cccc4ccccc34)c2C#N)C1. The molecule has 0 saturated heterocycles. The van der Waals surface area contributed by atoms with Gasteiger partial charge in [-0.3, -0.25) is 5.32 Å². The maximum Gasteiger partial charge on any atom is 0.324 e. The van der Waals surface area contributed by atoms with Crippen molar-refractivity contribution in [1.29, 1.82) is 5.26 Å². The number of carbonyl (C=O) groups excluding carboxylic acids is 1. The number of urea groups is 1. The lowest BCUT2D eigenvalue weighted by Crippen LogP contribution is -2.19. The van der Waals surface area contributed by atoms with Crippen LogP contribution in [0.2, 0.25) is 0 Å². The highest BCUT2D eigenvalue weighted by atomic mass is 32.1. The molecule has 1 atom stereocenters. The van der Waals surface area contributed by atoms with Gasteiger partial charge in [-0.2, -0.15) is 5.26 Å². The van der Waals surface area contributed by atoms with Crippen LogP contribution in [0.3, 0.4) is 0 Å². The highest BCUT2D eigenvalue weighted by molar-refractivity contribution is 7.16. The van der Waals surface area contributed by atoms with E-state index in [4.69, 9.17) is 0 Å². The Hall–Kier alpha value is -2.84. The molecule has 0 aliphatic heterocycles. The van der Waals surface area contributed by atoms with E-state index in [0.717, 1.165) is 41.3 Å². The van der Waals surface area contributed by atoms with Crippen LogP contribution in [0.4, 0.5) is 15.5 Å². The molecule has 0 radical (unpaired) electrons. The first-order valence-corrected chi connectivity index (χ1v) is 9.57. The van der Waals surface area contributed by atoms with Crippen molar-refractivity contribution < 1.29 is 4.79 Å². The number of rotatable bonds is 2. The van der Waals surface area contributed by atoms with Gasteiger partial charge in [-0.25, -0.2) is 4.79 Å². The second kappa shape index (κ2) is 6.81. The summed E-state index contributed by atoms with van der Waals surface area (Å²) >= 11 is 1.54. The summed E-state index contributed by atoms with van der Waals surface area (Å²) in [5.74, 6) is 0.630. The number of benzene rings is 2. The second-order valence-electron chi connectivity index (χ2n) is 6.77. The molecule has 1 aliphatic carbocycles. The van der Waals surface area contributed by atoms with E-state index < -0.39 is 0 Å². The zero-order valence-corrected chi connectivity index (χ0v) is 15.3. The number of hydrogen-bond acceptors (Lipinski definition) is 3. The topological polar surface area (TPSA) is 64.9 Å². The Morgan fingerprint density at radius 3 is 2.85 bits per heavy atom. The summed E-state index contributed by atoms with van der Waals surface area (Å²) in [6.07, 6.45) is 3.00. The monoisotopic (exact) mass is 361 g/mol.